The molecule has 0 bridgehead atoms. The van der Waals surface area contributed by atoms with Crippen molar-refractivity contribution >= 4 is 23.5 Å². The zero-order valence-electron chi connectivity index (χ0n) is 9.84. The Hall–Kier alpha value is -2.14. The first-order valence-corrected chi connectivity index (χ1v) is 6.14. The highest BCUT2D eigenvalue weighted by atomic mass is 35.5. The lowest BCUT2D eigenvalue weighted by Crippen LogP contribution is -2.32. The van der Waals surface area contributed by atoms with Crippen LogP contribution in [0.5, 0.6) is 5.75 Å². The molecule has 0 fully saturated rings. The van der Waals surface area contributed by atoms with Gasteiger partial charge in [0, 0.05) is 12.6 Å². The van der Waals surface area contributed by atoms with Gasteiger partial charge >= 0.3 is 0 Å². The minimum absolute atomic E-state index is 0.178. The Balaban J connectivity index is 1.70. The number of ether oxygens (including phenoxy) is 1. The van der Waals surface area contributed by atoms with E-state index in [1.54, 1.807) is 6.07 Å². The topological polar surface area (TPSA) is 64.1 Å². The fourth-order valence-electron chi connectivity index (χ4n) is 1.92. The fraction of sp³-hybridized carbons (Fsp3) is 0.154. The van der Waals surface area contributed by atoms with Crippen molar-refractivity contribution in [2.24, 2.45) is 0 Å². The van der Waals surface area contributed by atoms with Crippen LogP contribution in [0.1, 0.15) is 5.56 Å². The zero-order chi connectivity index (χ0) is 13.2. The number of halogens is 1. The number of amides is 1. The standard InChI is InChI=1S/C13H10ClN3O2/c14-11-5-6-15-13(16-11)17-12(18)10-7-8-3-1-2-4-9(8)19-10/h1-6,10H,7H2,(H,15,16,17,18). The molecule has 2 heterocycles. The molecule has 0 saturated carbocycles. The normalized spacial score (nSPS) is 16.6. The molecule has 1 N–H and O–H groups in total. The Morgan fingerprint density at radius 3 is 3.00 bits per heavy atom. The van der Waals surface area contributed by atoms with Crippen molar-refractivity contribution in [3.63, 3.8) is 0 Å². The first-order chi connectivity index (χ1) is 9.22. The number of aromatic nitrogens is 2. The number of benzene rings is 1. The van der Waals surface area contributed by atoms with E-state index < -0.39 is 6.10 Å². The van der Waals surface area contributed by atoms with Crippen LogP contribution in [0.2, 0.25) is 5.15 Å². The molecular weight excluding hydrogens is 266 g/mol. The van der Waals surface area contributed by atoms with E-state index in [0.717, 1.165) is 11.3 Å². The van der Waals surface area contributed by atoms with Crippen LogP contribution in [-0.2, 0) is 11.2 Å². The molecule has 0 radical (unpaired) electrons. The number of hydrogen-bond donors (Lipinski definition) is 1. The van der Waals surface area contributed by atoms with Crippen molar-refractivity contribution in [1.82, 2.24) is 9.97 Å². The first kappa shape index (κ1) is 11.9. The number of carbonyl (C=O) groups excluding carboxylic acids is 1. The lowest BCUT2D eigenvalue weighted by Gasteiger charge is -2.10. The van der Waals surface area contributed by atoms with Gasteiger partial charge in [-0.1, -0.05) is 29.8 Å². The van der Waals surface area contributed by atoms with E-state index >= 15 is 0 Å². The summed E-state index contributed by atoms with van der Waals surface area (Å²) in [7, 11) is 0. The number of nitrogens with one attached hydrogen (secondary N) is 1. The summed E-state index contributed by atoms with van der Waals surface area (Å²) in [6, 6.07) is 9.12. The van der Waals surface area contributed by atoms with Gasteiger partial charge in [0.15, 0.2) is 6.10 Å². The second kappa shape index (κ2) is 4.85. The van der Waals surface area contributed by atoms with Crippen LogP contribution in [0.4, 0.5) is 5.95 Å². The van der Waals surface area contributed by atoms with Gasteiger partial charge in [0.2, 0.25) is 5.95 Å². The van der Waals surface area contributed by atoms with Crippen molar-refractivity contribution < 1.29 is 9.53 Å². The molecule has 1 aliphatic heterocycles. The van der Waals surface area contributed by atoms with E-state index in [0.29, 0.717) is 6.42 Å². The molecule has 1 aromatic carbocycles. The lowest BCUT2D eigenvalue weighted by atomic mass is 10.1. The van der Waals surface area contributed by atoms with E-state index in [1.165, 1.54) is 6.20 Å². The van der Waals surface area contributed by atoms with E-state index in [9.17, 15) is 4.79 Å². The predicted molar refractivity (Wildman–Crippen MR) is 70.2 cm³/mol. The summed E-state index contributed by atoms with van der Waals surface area (Å²) >= 11 is 5.73. The van der Waals surface area contributed by atoms with Gasteiger partial charge in [-0.05, 0) is 17.7 Å². The molecule has 0 saturated heterocycles. The summed E-state index contributed by atoms with van der Waals surface area (Å²) in [5.74, 6) is 0.644. The summed E-state index contributed by atoms with van der Waals surface area (Å²) in [4.78, 5) is 19.9. The Morgan fingerprint density at radius 2 is 2.21 bits per heavy atom. The quantitative estimate of drug-likeness (QED) is 0.852. The Morgan fingerprint density at radius 1 is 1.37 bits per heavy atom. The van der Waals surface area contributed by atoms with Crippen molar-refractivity contribution in [1.29, 1.82) is 0 Å². The molecule has 1 aliphatic rings. The van der Waals surface area contributed by atoms with Crippen molar-refractivity contribution in [2.75, 3.05) is 5.32 Å². The zero-order valence-corrected chi connectivity index (χ0v) is 10.6. The summed E-state index contributed by atoms with van der Waals surface area (Å²) in [6.07, 6.45) is 1.47. The molecular formula is C13H10ClN3O2. The third-order valence-electron chi connectivity index (χ3n) is 2.80. The molecule has 1 atom stereocenters. The monoisotopic (exact) mass is 275 g/mol. The Bertz CT molecular complexity index is 608. The SMILES string of the molecule is O=C(Nc1nccc(Cl)n1)C1Cc2ccccc2O1. The number of rotatable bonds is 2. The summed E-state index contributed by atoms with van der Waals surface area (Å²) < 4.78 is 5.57. The van der Waals surface area contributed by atoms with Gasteiger partial charge in [-0.3, -0.25) is 10.1 Å². The van der Waals surface area contributed by atoms with E-state index in [1.807, 2.05) is 24.3 Å². The van der Waals surface area contributed by atoms with Crippen molar-refractivity contribution in [3.8, 4) is 5.75 Å². The number of anilines is 1. The molecule has 1 unspecified atom stereocenters. The molecule has 0 aliphatic carbocycles. The van der Waals surface area contributed by atoms with Crippen LogP contribution in [0.25, 0.3) is 0 Å². The molecule has 3 rings (SSSR count). The second-order valence-corrected chi connectivity index (χ2v) is 4.50. The van der Waals surface area contributed by atoms with Crippen LogP contribution in [0, 0.1) is 0 Å². The molecule has 6 heteroatoms. The van der Waals surface area contributed by atoms with Crippen LogP contribution >= 0.6 is 11.6 Å². The molecule has 19 heavy (non-hydrogen) atoms. The summed E-state index contributed by atoms with van der Waals surface area (Å²) in [5.41, 5.74) is 1.02. The van der Waals surface area contributed by atoms with Gasteiger partial charge in [-0.25, -0.2) is 9.97 Å². The number of hydrogen-bond acceptors (Lipinski definition) is 4. The maximum atomic E-state index is 12.0. The van der Waals surface area contributed by atoms with Gasteiger partial charge in [0.05, 0.1) is 0 Å². The molecule has 1 amide bonds. The largest absolute Gasteiger partial charge is 0.480 e. The average molecular weight is 276 g/mol. The number of para-hydroxylation sites is 1. The third kappa shape index (κ3) is 2.51. The molecule has 0 spiro atoms. The highest BCUT2D eigenvalue weighted by Gasteiger charge is 2.29. The van der Waals surface area contributed by atoms with Gasteiger partial charge in [-0.15, -0.1) is 0 Å². The highest BCUT2D eigenvalue weighted by Crippen LogP contribution is 2.28. The third-order valence-corrected chi connectivity index (χ3v) is 3.01. The van der Waals surface area contributed by atoms with Crippen LogP contribution in [-0.4, -0.2) is 22.0 Å². The molecule has 96 valence electrons. The van der Waals surface area contributed by atoms with Gasteiger partial charge in [-0.2, -0.15) is 0 Å². The van der Waals surface area contributed by atoms with E-state index in [-0.39, 0.29) is 17.0 Å². The lowest BCUT2D eigenvalue weighted by molar-refractivity contribution is -0.122. The predicted octanol–water partition coefficient (Wildman–Crippen LogP) is 2.07. The Labute approximate surface area is 114 Å². The minimum Gasteiger partial charge on any atom is -0.480 e. The Kier molecular flexibility index (Phi) is 3.05. The minimum atomic E-state index is -0.556. The maximum absolute atomic E-state index is 12.0. The molecule has 2 aromatic rings. The summed E-state index contributed by atoms with van der Waals surface area (Å²) in [6.45, 7) is 0. The van der Waals surface area contributed by atoms with E-state index in [2.05, 4.69) is 15.3 Å². The van der Waals surface area contributed by atoms with Gasteiger partial charge in [0.1, 0.15) is 10.9 Å². The number of fused-ring (bicyclic) bond motifs is 1. The fourth-order valence-corrected chi connectivity index (χ4v) is 2.05. The molecule has 1 aromatic heterocycles. The van der Waals surface area contributed by atoms with Gasteiger partial charge < -0.3 is 4.74 Å². The smallest absolute Gasteiger partial charge is 0.268 e. The van der Waals surface area contributed by atoms with Gasteiger partial charge in [0.25, 0.3) is 5.91 Å². The summed E-state index contributed by atoms with van der Waals surface area (Å²) in [5, 5.41) is 2.87. The second-order valence-electron chi connectivity index (χ2n) is 4.11. The highest BCUT2D eigenvalue weighted by molar-refractivity contribution is 6.29. The molecule has 5 nitrogen and oxygen atoms in total. The first-order valence-electron chi connectivity index (χ1n) is 5.76. The average Bonchev–Trinajstić information content (AvgIpc) is 2.82. The van der Waals surface area contributed by atoms with E-state index in [4.69, 9.17) is 16.3 Å². The number of nitrogens with zero attached hydrogens (tertiary/aromatic N) is 2. The van der Waals surface area contributed by atoms with Crippen LogP contribution < -0.4 is 10.1 Å². The number of carbonyl (C=O) groups is 1. The van der Waals surface area contributed by atoms with Crippen LogP contribution in [0.3, 0.4) is 0 Å². The van der Waals surface area contributed by atoms with Crippen LogP contribution in [0.15, 0.2) is 36.5 Å². The maximum Gasteiger partial charge on any atom is 0.268 e. The van der Waals surface area contributed by atoms with Crippen molar-refractivity contribution in [3.05, 3.63) is 47.2 Å². The van der Waals surface area contributed by atoms with Crippen molar-refractivity contribution in [2.45, 2.75) is 12.5 Å².